The highest BCUT2D eigenvalue weighted by atomic mass is 19.1. The number of ether oxygens (including phenoxy) is 1. The third-order valence-electron chi connectivity index (χ3n) is 5.85. The fourth-order valence-corrected chi connectivity index (χ4v) is 4.24. The number of nitrogens with zero attached hydrogens (tertiary/aromatic N) is 3. The summed E-state index contributed by atoms with van der Waals surface area (Å²) in [5.41, 5.74) is 0.835. The first-order valence-electron chi connectivity index (χ1n) is 10.2. The Bertz CT molecular complexity index is 907. The van der Waals surface area contributed by atoms with Gasteiger partial charge in [-0.2, -0.15) is 0 Å². The summed E-state index contributed by atoms with van der Waals surface area (Å²) in [6, 6.07) is 3.42. The number of amides is 1. The second-order valence-corrected chi connectivity index (χ2v) is 7.83. The van der Waals surface area contributed by atoms with Crippen LogP contribution in [-0.4, -0.2) is 52.4 Å². The van der Waals surface area contributed by atoms with E-state index in [4.69, 9.17) is 4.74 Å². The minimum Gasteiger partial charge on any atom is -0.370 e. The molecule has 2 aliphatic rings. The summed E-state index contributed by atoms with van der Waals surface area (Å²) in [6.07, 6.45) is 6.20. The summed E-state index contributed by atoms with van der Waals surface area (Å²) in [5.74, 6) is -0.879. The molecule has 8 heteroatoms. The molecule has 0 spiro atoms. The topological polar surface area (TPSA) is 72.4 Å². The molecule has 1 saturated heterocycles. The monoisotopic (exact) mass is 415 g/mol. The van der Waals surface area contributed by atoms with Crippen molar-refractivity contribution in [3.8, 4) is 11.1 Å². The molecule has 2 aromatic rings. The zero-order valence-electron chi connectivity index (χ0n) is 16.5. The largest absolute Gasteiger partial charge is 0.370 e. The number of rotatable bonds is 5. The first kappa shape index (κ1) is 20.5. The van der Waals surface area contributed by atoms with Crippen molar-refractivity contribution in [3.63, 3.8) is 0 Å². The molecule has 1 amide bonds. The number of Topliss-reactive ketones (excluding diaryl/α,β-unsaturated/α-hetero) is 1. The molecule has 0 bridgehead atoms. The quantitative estimate of drug-likeness (QED) is 0.751. The SMILES string of the molecule is O=C(Cc1ncc(-c2cc(F)cc(F)c2)cn1)C1CCC(N2CCOCC2=O)CC1. The van der Waals surface area contributed by atoms with Crippen molar-refractivity contribution in [2.45, 2.75) is 38.1 Å². The second-order valence-electron chi connectivity index (χ2n) is 7.83. The normalized spacial score (nSPS) is 22.2. The van der Waals surface area contributed by atoms with Crippen LogP contribution >= 0.6 is 0 Å². The fraction of sp³-hybridized carbons (Fsp3) is 0.455. The minimum absolute atomic E-state index is 0.0303. The average Bonchev–Trinajstić information content (AvgIpc) is 2.74. The molecule has 0 atom stereocenters. The first-order chi connectivity index (χ1) is 14.5. The van der Waals surface area contributed by atoms with Crippen LogP contribution in [0.25, 0.3) is 11.1 Å². The predicted molar refractivity (Wildman–Crippen MR) is 104 cm³/mol. The standard InChI is InChI=1S/C22H23F2N3O3/c23-17-7-15(8-18(24)9-17)16-11-25-21(26-12-16)10-20(28)14-1-3-19(4-2-14)27-5-6-30-13-22(27)29/h7-9,11-12,14,19H,1-6,10,13H2. The van der Waals surface area contributed by atoms with Gasteiger partial charge in [0.25, 0.3) is 0 Å². The number of morpholine rings is 1. The third-order valence-corrected chi connectivity index (χ3v) is 5.85. The minimum atomic E-state index is -0.668. The van der Waals surface area contributed by atoms with E-state index in [0.717, 1.165) is 31.7 Å². The number of ketones is 1. The number of hydrogen-bond acceptors (Lipinski definition) is 5. The van der Waals surface area contributed by atoms with E-state index in [1.165, 1.54) is 24.5 Å². The molecule has 6 nitrogen and oxygen atoms in total. The fourth-order valence-electron chi connectivity index (χ4n) is 4.24. The highest BCUT2D eigenvalue weighted by Crippen LogP contribution is 2.29. The highest BCUT2D eigenvalue weighted by molar-refractivity contribution is 5.83. The third kappa shape index (κ3) is 4.70. The van der Waals surface area contributed by atoms with E-state index in [-0.39, 0.29) is 36.7 Å². The van der Waals surface area contributed by atoms with E-state index in [1.807, 2.05) is 4.90 Å². The van der Waals surface area contributed by atoms with Crippen molar-refractivity contribution in [2.24, 2.45) is 5.92 Å². The molecular weight excluding hydrogens is 392 g/mol. The van der Waals surface area contributed by atoms with Gasteiger partial charge in [-0.05, 0) is 43.4 Å². The molecule has 1 aliphatic carbocycles. The van der Waals surface area contributed by atoms with Crippen LogP contribution in [0.1, 0.15) is 31.5 Å². The van der Waals surface area contributed by atoms with E-state index in [2.05, 4.69) is 9.97 Å². The lowest BCUT2D eigenvalue weighted by Crippen LogP contribution is -2.49. The summed E-state index contributed by atoms with van der Waals surface area (Å²) in [7, 11) is 0. The van der Waals surface area contributed by atoms with Crippen molar-refractivity contribution in [1.29, 1.82) is 0 Å². The number of carbonyl (C=O) groups excluding carboxylic acids is 2. The molecule has 158 valence electrons. The Balaban J connectivity index is 1.32. The summed E-state index contributed by atoms with van der Waals surface area (Å²) in [4.78, 5) is 35.0. The molecular formula is C22H23F2N3O3. The molecule has 1 aromatic carbocycles. The van der Waals surface area contributed by atoms with Crippen molar-refractivity contribution < 1.29 is 23.1 Å². The van der Waals surface area contributed by atoms with E-state index in [1.54, 1.807) is 0 Å². The van der Waals surface area contributed by atoms with Gasteiger partial charge >= 0.3 is 0 Å². The molecule has 0 radical (unpaired) electrons. The summed E-state index contributed by atoms with van der Waals surface area (Å²) >= 11 is 0. The highest BCUT2D eigenvalue weighted by Gasteiger charge is 2.32. The maximum atomic E-state index is 13.4. The van der Waals surface area contributed by atoms with Gasteiger partial charge in [-0.15, -0.1) is 0 Å². The number of aromatic nitrogens is 2. The zero-order chi connectivity index (χ0) is 21.1. The Morgan fingerprint density at radius 2 is 1.70 bits per heavy atom. The van der Waals surface area contributed by atoms with Gasteiger partial charge in [0, 0.05) is 42.5 Å². The van der Waals surface area contributed by atoms with Gasteiger partial charge in [0.2, 0.25) is 5.91 Å². The van der Waals surface area contributed by atoms with Gasteiger partial charge in [-0.3, -0.25) is 9.59 Å². The maximum absolute atomic E-state index is 13.4. The van der Waals surface area contributed by atoms with Gasteiger partial charge in [0.05, 0.1) is 13.0 Å². The van der Waals surface area contributed by atoms with Gasteiger partial charge < -0.3 is 9.64 Å². The number of halogens is 2. The molecule has 2 heterocycles. The molecule has 1 saturated carbocycles. The molecule has 4 rings (SSSR count). The van der Waals surface area contributed by atoms with Gasteiger partial charge in [0.15, 0.2) is 0 Å². The van der Waals surface area contributed by atoms with Crippen molar-refractivity contribution in [1.82, 2.24) is 14.9 Å². The average molecular weight is 415 g/mol. The van der Waals surface area contributed by atoms with E-state index in [9.17, 15) is 18.4 Å². The lowest BCUT2D eigenvalue weighted by Gasteiger charge is -2.38. The van der Waals surface area contributed by atoms with Crippen LogP contribution in [0.4, 0.5) is 8.78 Å². The summed E-state index contributed by atoms with van der Waals surface area (Å²) < 4.78 is 32.0. The number of benzene rings is 1. The van der Waals surface area contributed by atoms with Crippen LogP contribution in [0.2, 0.25) is 0 Å². The Morgan fingerprint density at radius 3 is 2.33 bits per heavy atom. The lowest BCUT2D eigenvalue weighted by molar-refractivity contribution is -0.146. The summed E-state index contributed by atoms with van der Waals surface area (Å²) in [6.45, 7) is 1.34. The van der Waals surface area contributed by atoms with Gasteiger partial charge in [0.1, 0.15) is 29.8 Å². The van der Waals surface area contributed by atoms with E-state index >= 15 is 0 Å². The van der Waals surface area contributed by atoms with Crippen LogP contribution in [0.15, 0.2) is 30.6 Å². The van der Waals surface area contributed by atoms with E-state index < -0.39 is 11.6 Å². The summed E-state index contributed by atoms with van der Waals surface area (Å²) in [5, 5.41) is 0. The lowest BCUT2D eigenvalue weighted by atomic mass is 9.82. The van der Waals surface area contributed by atoms with Gasteiger partial charge in [-0.1, -0.05) is 0 Å². The van der Waals surface area contributed by atoms with Crippen molar-refractivity contribution in [3.05, 3.63) is 48.1 Å². The van der Waals surface area contributed by atoms with Crippen molar-refractivity contribution in [2.75, 3.05) is 19.8 Å². The Kier molecular flexibility index (Phi) is 6.13. The Morgan fingerprint density at radius 1 is 1.03 bits per heavy atom. The number of carbonyl (C=O) groups is 2. The zero-order valence-corrected chi connectivity index (χ0v) is 16.5. The van der Waals surface area contributed by atoms with E-state index in [0.29, 0.717) is 30.1 Å². The maximum Gasteiger partial charge on any atom is 0.248 e. The predicted octanol–water partition coefficient (Wildman–Crippen LogP) is 2.95. The molecule has 0 N–H and O–H groups in total. The Hall–Kier alpha value is -2.74. The van der Waals surface area contributed by atoms with Gasteiger partial charge in [-0.25, -0.2) is 18.7 Å². The molecule has 2 fully saturated rings. The first-order valence-corrected chi connectivity index (χ1v) is 10.2. The Labute approximate surface area is 173 Å². The second kappa shape index (κ2) is 8.95. The van der Waals surface area contributed by atoms with Crippen LogP contribution < -0.4 is 0 Å². The van der Waals surface area contributed by atoms with Crippen LogP contribution in [-0.2, 0) is 20.7 Å². The van der Waals surface area contributed by atoms with Crippen LogP contribution in [0, 0.1) is 17.6 Å². The van der Waals surface area contributed by atoms with Crippen molar-refractivity contribution >= 4 is 11.7 Å². The molecule has 1 aromatic heterocycles. The van der Waals surface area contributed by atoms with Crippen LogP contribution in [0.5, 0.6) is 0 Å². The molecule has 30 heavy (non-hydrogen) atoms. The molecule has 0 unspecified atom stereocenters. The smallest absolute Gasteiger partial charge is 0.248 e. The number of hydrogen-bond donors (Lipinski definition) is 0. The molecule has 1 aliphatic heterocycles. The van der Waals surface area contributed by atoms with Crippen LogP contribution in [0.3, 0.4) is 0 Å².